The Morgan fingerprint density at radius 1 is 1.29 bits per heavy atom. The average molecular weight is 297 g/mol. The van der Waals surface area contributed by atoms with Gasteiger partial charge in [-0.15, -0.1) is 11.8 Å². The summed E-state index contributed by atoms with van der Waals surface area (Å²) < 4.78 is 0. The second-order valence-corrected chi connectivity index (χ2v) is 5.00. The topological polar surface area (TPSA) is 68.0 Å². The van der Waals surface area contributed by atoms with Crippen molar-refractivity contribution in [2.45, 2.75) is 4.90 Å². The number of benzene rings is 1. The summed E-state index contributed by atoms with van der Waals surface area (Å²) in [6.07, 6.45) is 3.57. The summed E-state index contributed by atoms with van der Waals surface area (Å²) in [4.78, 5) is 17.3. The average Bonchev–Trinajstić information content (AvgIpc) is 2.54. The van der Waals surface area contributed by atoms with Gasteiger partial charge < -0.3 is 11.1 Å². The number of aromatic nitrogens is 1. The smallest absolute Gasteiger partial charge is 0.274 e. The van der Waals surface area contributed by atoms with E-state index in [-0.39, 0.29) is 5.91 Å². The van der Waals surface area contributed by atoms with Gasteiger partial charge in [0.1, 0.15) is 5.69 Å². The van der Waals surface area contributed by atoms with Crippen molar-refractivity contribution in [3.05, 3.63) is 53.9 Å². The predicted molar refractivity (Wildman–Crippen MR) is 86.3 cm³/mol. The SMILES string of the molecule is CSc1ccc(NC(=O)c2ccc(C#CCN)cn2)cc1. The van der Waals surface area contributed by atoms with E-state index >= 15 is 0 Å². The Labute approximate surface area is 128 Å². The Morgan fingerprint density at radius 2 is 2.05 bits per heavy atom. The Hall–Kier alpha value is -2.29. The summed E-state index contributed by atoms with van der Waals surface area (Å²) in [5.41, 5.74) is 7.13. The minimum absolute atomic E-state index is 0.245. The van der Waals surface area contributed by atoms with Gasteiger partial charge in [-0.3, -0.25) is 4.79 Å². The number of nitrogens with one attached hydrogen (secondary N) is 1. The zero-order valence-electron chi connectivity index (χ0n) is 11.6. The molecule has 106 valence electrons. The van der Waals surface area contributed by atoms with Gasteiger partial charge >= 0.3 is 0 Å². The lowest BCUT2D eigenvalue weighted by Crippen LogP contribution is -2.13. The van der Waals surface area contributed by atoms with Crippen LogP contribution in [0.2, 0.25) is 0 Å². The van der Waals surface area contributed by atoms with E-state index in [4.69, 9.17) is 5.73 Å². The van der Waals surface area contributed by atoms with Crippen molar-refractivity contribution in [1.82, 2.24) is 4.98 Å². The molecule has 0 bridgehead atoms. The summed E-state index contributed by atoms with van der Waals surface area (Å²) in [5, 5.41) is 2.81. The first-order chi connectivity index (χ1) is 10.2. The molecule has 0 aliphatic rings. The van der Waals surface area contributed by atoms with Gasteiger partial charge in [0.2, 0.25) is 0 Å². The van der Waals surface area contributed by atoms with Gasteiger partial charge in [0, 0.05) is 22.3 Å². The predicted octanol–water partition coefficient (Wildman–Crippen LogP) is 2.37. The minimum Gasteiger partial charge on any atom is -0.321 e. The highest BCUT2D eigenvalue weighted by molar-refractivity contribution is 7.98. The largest absolute Gasteiger partial charge is 0.321 e. The number of pyridine rings is 1. The van der Waals surface area contributed by atoms with Crippen LogP contribution in [0.3, 0.4) is 0 Å². The van der Waals surface area contributed by atoms with Gasteiger partial charge in [-0.2, -0.15) is 0 Å². The molecule has 0 unspecified atom stereocenters. The monoisotopic (exact) mass is 297 g/mol. The lowest BCUT2D eigenvalue weighted by molar-refractivity contribution is 0.102. The molecule has 0 radical (unpaired) electrons. The third kappa shape index (κ3) is 4.35. The highest BCUT2D eigenvalue weighted by Gasteiger charge is 2.07. The van der Waals surface area contributed by atoms with Gasteiger partial charge in [-0.1, -0.05) is 11.8 Å². The van der Waals surface area contributed by atoms with Crippen LogP contribution in [0.4, 0.5) is 5.69 Å². The lowest BCUT2D eigenvalue weighted by atomic mass is 10.2. The molecule has 0 spiro atoms. The first-order valence-corrected chi connectivity index (χ1v) is 7.56. The maximum Gasteiger partial charge on any atom is 0.274 e. The number of nitrogens with two attached hydrogens (primary N) is 1. The molecule has 0 saturated heterocycles. The highest BCUT2D eigenvalue weighted by atomic mass is 32.2. The number of anilines is 1. The summed E-state index contributed by atoms with van der Waals surface area (Å²) in [7, 11) is 0. The normalized spacial score (nSPS) is 9.62. The molecule has 1 aromatic heterocycles. The molecular weight excluding hydrogens is 282 g/mol. The van der Waals surface area contributed by atoms with E-state index in [1.54, 1.807) is 30.1 Å². The third-order valence-electron chi connectivity index (χ3n) is 2.68. The van der Waals surface area contributed by atoms with E-state index in [0.717, 1.165) is 16.1 Å². The molecule has 2 rings (SSSR count). The van der Waals surface area contributed by atoms with Gasteiger partial charge in [0.15, 0.2) is 0 Å². The van der Waals surface area contributed by atoms with Crippen molar-refractivity contribution in [3.8, 4) is 11.8 Å². The Kier molecular flexibility index (Phi) is 5.38. The van der Waals surface area contributed by atoms with Crippen LogP contribution in [-0.2, 0) is 0 Å². The van der Waals surface area contributed by atoms with Crippen LogP contribution >= 0.6 is 11.8 Å². The van der Waals surface area contributed by atoms with E-state index < -0.39 is 0 Å². The van der Waals surface area contributed by atoms with Gasteiger partial charge in [0.25, 0.3) is 5.91 Å². The zero-order chi connectivity index (χ0) is 15.1. The molecule has 0 aliphatic heterocycles. The molecule has 21 heavy (non-hydrogen) atoms. The van der Waals surface area contributed by atoms with Gasteiger partial charge in [-0.05, 0) is 42.7 Å². The van der Waals surface area contributed by atoms with Crippen molar-refractivity contribution >= 4 is 23.4 Å². The second kappa shape index (κ2) is 7.48. The zero-order valence-corrected chi connectivity index (χ0v) is 12.4. The fourth-order valence-electron chi connectivity index (χ4n) is 1.62. The molecule has 3 N–H and O–H groups in total. The molecule has 0 atom stereocenters. The van der Waals surface area contributed by atoms with Crippen LogP contribution in [0.15, 0.2) is 47.5 Å². The number of thioether (sulfide) groups is 1. The third-order valence-corrected chi connectivity index (χ3v) is 3.42. The number of amides is 1. The van der Waals surface area contributed by atoms with E-state index in [0.29, 0.717) is 12.2 Å². The molecule has 5 heteroatoms. The summed E-state index contributed by atoms with van der Waals surface area (Å²) in [6, 6.07) is 11.0. The Bertz CT molecular complexity index is 669. The van der Waals surface area contributed by atoms with Crippen molar-refractivity contribution < 1.29 is 4.79 Å². The number of rotatable bonds is 3. The molecule has 1 aromatic carbocycles. The van der Waals surface area contributed by atoms with E-state index in [1.807, 2.05) is 30.5 Å². The van der Waals surface area contributed by atoms with E-state index in [2.05, 4.69) is 22.1 Å². The Balaban J connectivity index is 2.05. The summed E-state index contributed by atoms with van der Waals surface area (Å²) >= 11 is 1.65. The van der Waals surface area contributed by atoms with Crippen LogP contribution in [0, 0.1) is 11.8 Å². The van der Waals surface area contributed by atoms with Crippen molar-refractivity contribution in [2.75, 3.05) is 18.1 Å². The molecule has 0 saturated carbocycles. The van der Waals surface area contributed by atoms with Crippen LogP contribution in [0.5, 0.6) is 0 Å². The first kappa shape index (κ1) is 15.1. The van der Waals surface area contributed by atoms with Crippen LogP contribution in [0.1, 0.15) is 16.1 Å². The molecule has 4 nitrogen and oxygen atoms in total. The van der Waals surface area contributed by atoms with Crippen molar-refractivity contribution in [1.29, 1.82) is 0 Å². The molecule has 0 aliphatic carbocycles. The number of carbonyl (C=O) groups is 1. The fraction of sp³-hybridized carbons (Fsp3) is 0.125. The summed E-state index contributed by atoms with van der Waals surface area (Å²) in [5.74, 6) is 5.36. The minimum atomic E-state index is -0.245. The molecule has 2 aromatic rings. The molecule has 1 amide bonds. The maximum absolute atomic E-state index is 12.1. The summed E-state index contributed by atoms with van der Waals surface area (Å²) in [6.45, 7) is 0.300. The van der Waals surface area contributed by atoms with Crippen LogP contribution < -0.4 is 11.1 Å². The number of carbonyl (C=O) groups excluding carboxylic acids is 1. The molecular formula is C16H15N3OS. The van der Waals surface area contributed by atoms with E-state index in [1.165, 1.54) is 0 Å². The first-order valence-electron chi connectivity index (χ1n) is 6.33. The van der Waals surface area contributed by atoms with Gasteiger partial charge in [0.05, 0.1) is 6.54 Å². The van der Waals surface area contributed by atoms with Crippen molar-refractivity contribution in [2.24, 2.45) is 5.73 Å². The lowest BCUT2D eigenvalue weighted by Gasteiger charge is -2.05. The van der Waals surface area contributed by atoms with Crippen LogP contribution in [0.25, 0.3) is 0 Å². The number of hydrogen-bond donors (Lipinski definition) is 2. The standard InChI is InChI=1S/C16H15N3OS/c1-21-14-7-5-13(6-8-14)19-16(20)15-9-4-12(11-18-15)3-2-10-17/h4-9,11H,10,17H2,1H3,(H,19,20). The Morgan fingerprint density at radius 3 is 2.62 bits per heavy atom. The highest BCUT2D eigenvalue weighted by Crippen LogP contribution is 2.17. The fourth-order valence-corrected chi connectivity index (χ4v) is 2.03. The molecule has 1 heterocycles. The second-order valence-electron chi connectivity index (χ2n) is 4.12. The number of hydrogen-bond acceptors (Lipinski definition) is 4. The van der Waals surface area contributed by atoms with E-state index in [9.17, 15) is 4.79 Å². The quantitative estimate of drug-likeness (QED) is 0.674. The van der Waals surface area contributed by atoms with Crippen molar-refractivity contribution in [3.63, 3.8) is 0 Å². The van der Waals surface area contributed by atoms with Crippen LogP contribution in [-0.4, -0.2) is 23.7 Å². The van der Waals surface area contributed by atoms with Gasteiger partial charge in [-0.25, -0.2) is 4.98 Å². The maximum atomic E-state index is 12.1. The number of nitrogens with zero attached hydrogens (tertiary/aromatic N) is 1. The molecule has 0 fully saturated rings.